The molecule has 0 atom stereocenters. The normalized spacial score (nSPS) is 11.4. The average Bonchev–Trinajstić information content (AvgIpc) is 2.73. The molecule has 1 amide bonds. The van der Waals surface area contributed by atoms with Crippen molar-refractivity contribution in [2.75, 3.05) is 11.1 Å². The monoisotopic (exact) mass is 458 g/mol. The number of nitrogen functional groups attached to an aromatic ring is 1. The number of amides is 1. The Labute approximate surface area is 184 Å². The molecule has 2 aromatic carbocycles. The molecule has 0 aliphatic carbocycles. The van der Waals surface area contributed by atoms with Gasteiger partial charge in [0.1, 0.15) is 0 Å². The van der Waals surface area contributed by atoms with Crippen LogP contribution in [0.2, 0.25) is 5.02 Å². The summed E-state index contributed by atoms with van der Waals surface area (Å²) < 4.78 is 46.0. The minimum absolute atomic E-state index is 0.00663. The van der Waals surface area contributed by atoms with Crippen LogP contribution in [0.25, 0.3) is 22.0 Å². The van der Waals surface area contributed by atoms with E-state index in [-0.39, 0.29) is 22.7 Å². The summed E-state index contributed by atoms with van der Waals surface area (Å²) in [5.74, 6) is -0.0293. The quantitative estimate of drug-likeness (QED) is 0.359. The third kappa shape index (κ3) is 4.42. The number of aromatic nitrogens is 2. The van der Waals surface area contributed by atoms with E-state index in [0.29, 0.717) is 11.2 Å². The fraction of sp³-hybridized carbons (Fsp3) is 0.0455. The Kier molecular flexibility index (Phi) is 5.58. The summed E-state index contributed by atoms with van der Waals surface area (Å²) in [6, 6.07) is 13.5. The Morgan fingerprint density at radius 1 is 1.09 bits per heavy atom. The highest BCUT2D eigenvalue weighted by molar-refractivity contribution is 6.32. The number of hydrogen-bond acceptors (Lipinski definition) is 5. The van der Waals surface area contributed by atoms with Gasteiger partial charge in [-0.2, -0.15) is 13.2 Å². The van der Waals surface area contributed by atoms with Gasteiger partial charge in [0, 0.05) is 35.1 Å². The number of rotatable bonds is 3. The first-order valence-corrected chi connectivity index (χ1v) is 9.55. The molecule has 162 valence electrons. The summed E-state index contributed by atoms with van der Waals surface area (Å²) in [6.45, 7) is 0. The standard InChI is InChI=1S/C22H14ClF3N4O2/c23-16-10-14(9-15(19(16)22(24,25)26)13-4-2-8-28-11-13)29-21(31)32-18-7-6-12-3-1-5-17(27)20(12)30-18/h1-11H,27H2,(H,29,31). The highest BCUT2D eigenvalue weighted by Gasteiger charge is 2.37. The summed E-state index contributed by atoms with van der Waals surface area (Å²) in [4.78, 5) is 20.4. The van der Waals surface area contributed by atoms with Crippen LogP contribution in [0.4, 0.5) is 29.3 Å². The molecule has 0 unspecified atom stereocenters. The van der Waals surface area contributed by atoms with E-state index < -0.39 is 22.9 Å². The first-order valence-electron chi connectivity index (χ1n) is 9.17. The molecule has 32 heavy (non-hydrogen) atoms. The van der Waals surface area contributed by atoms with E-state index in [0.717, 1.165) is 17.5 Å². The van der Waals surface area contributed by atoms with Gasteiger partial charge >= 0.3 is 12.3 Å². The lowest BCUT2D eigenvalue weighted by Crippen LogP contribution is -2.18. The summed E-state index contributed by atoms with van der Waals surface area (Å²) in [5.41, 5.74) is 5.68. The fourth-order valence-electron chi connectivity index (χ4n) is 3.16. The molecule has 2 heterocycles. The number of benzene rings is 2. The SMILES string of the molecule is Nc1cccc2ccc(OC(=O)Nc3cc(Cl)c(C(F)(F)F)c(-c4cccnc4)c3)nc12. The van der Waals surface area contributed by atoms with E-state index in [1.54, 1.807) is 24.3 Å². The number of anilines is 2. The maximum absolute atomic E-state index is 13.6. The molecule has 0 radical (unpaired) electrons. The third-order valence-corrected chi connectivity index (χ3v) is 4.81. The van der Waals surface area contributed by atoms with Crippen molar-refractivity contribution in [1.82, 2.24) is 9.97 Å². The van der Waals surface area contributed by atoms with Gasteiger partial charge in [-0.25, -0.2) is 9.78 Å². The fourth-order valence-corrected chi connectivity index (χ4v) is 3.49. The van der Waals surface area contributed by atoms with Crippen LogP contribution in [-0.2, 0) is 6.18 Å². The van der Waals surface area contributed by atoms with Gasteiger partial charge in [-0.3, -0.25) is 10.3 Å². The number of halogens is 4. The van der Waals surface area contributed by atoms with Gasteiger partial charge in [-0.1, -0.05) is 29.8 Å². The molecule has 2 aromatic heterocycles. The van der Waals surface area contributed by atoms with Crippen molar-refractivity contribution in [3.8, 4) is 17.0 Å². The molecule has 0 aliphatic rings. The van der Waals surface area contributed by atoms with Crippen molar-refractivity contribution in [3.05, 3.63) is 77.6 Å². The zero-order valence-electron chi connectivity index (χ0n) is 16.2. The molecular weight excluding hydrogens is 445 g/mol. The number of nitrogens with one attached hydrogen (secondary N) is 1. The molecule has 4 aromatic rings. The van der Waals surface area contributed by atoms with Crippen LogP contribution in [0.3, 0.4) is 0 Å². The Balaban J connectivity index is 1.64. The van der Waals surface area contributed by atoms with Crippen molar-refractivity contribution in [1.29, 1.82) is 0 Å². The van der Waals surface area contributed by atoms with Crippen LogP contribution in [0.15, 0.2) is 67.0 Å². The van der Waals surface area contributed by atoms with E-state index in [2.05, 4.69) is 15.3 Å². The number of fused-ring (bicyclic) bond motifs is 1. The highest BCUT2D eigenvalue weighted by Crippen LogP contribution is 2.43. The number of alkyl halides is 3. The lowest BCUT2D eigenvalue weighted by atomic mass is 9.99. The molecule has 3 N–H and O–H groups in total. The van der Waals surface area contributed by atoms with E-state index in [9.17, 15) is 18.0 Å². The predicted octanol–water partition coefficient (Wildman–Crippen LogP) is 6.16. The van der Waals surface area contributed by atoms with Gasteiger partial charge in [-0.05, 0) is 35.9 Å². The number of ether oxygens (including phenoxy) is 1. The van der Waals surface area contributed by atoms with Crippen LogP contribution in [0.5, 0.6) is 5.88 Å². The van der Waals surface area contributed by atoms with Gasteiger partial charge in [0.2, 0.25) is 5.88 Å². The second kappa shape index (κ2) is 8.35. The first kappa shape index (κ1) is 21.4. The van der Waals surface area contributed by atoms with Gasteiger partial charge in [0.25, 0.3) is 0 Å². The molecule has 4 rings (SSSR count). The maximum Gasteiger partial charge on any atom is 0.418 e. The number of carbonyl (C=O) groups excluding carboxylic acids is 1. The number of nitrogens with zero attached hydrogens (tertiary/aromatic N) is 2. The molecule has 0 saturated heterocycles. The van der Waals surface area contributed by atoms with Crippen molar-refractivity contribution in [2.24, 2.45) is 0 Å². The molecule has 0 spiro atoms. The lowest BCUT2D eigenvalue weighted by molar-refractivity contribution is -0.137. The van der Waals surface area contributed by atoms with Crippen LogP contribution in [0.1, 0.15) is 5.56 Å². The molecular formula is C22H14ClF3N4O2. The Morgan fingerprint density at radius 3 is 2.62 bits per heavy atom. The Morgan fingerprint density at radius 2 is 1.91 bits per heavy atom. The predicted molar refractivity (Wildman–Crippen MR) is 115 cm³/mol. The number of nitrogens with two attached hydrogens (primary N) is 1. The second-order valence-electron chi connectivity index (χ2n) is 6.70. The number of carbonyl (C=O) groups is 1. The van der Waals surface area contributed by atoms with Gasteiger partial charge in [-0.15, -0.1) is 0 Å². The summed E-state index contributed by atoms with van der Waals surface area (Å²) in [5, 5.41) is 2.56. The van der Waals surface area contributed by atoms with Crippen LogP contribution < -0.4 is 15.8 Å². The van der Waals surface area contributed by atoms with E-state index >= 15 is 0 Å². The number of hydrogen-bond donors (Lipinski definition) is 2. The smallest absolute Gasteiger partial charge is 0.397 e. The molecule has 0 saturated carbocycles. The zero-order valence-corrected chi connectivity index (χ0v) is 16.9. The summed E-state index contributed by atoms with van der Waals surface area (Å²) in [7, 11) is 0. The second-order valence-corrected chi connectivity index (χ2v) is 7.11. The maximum atomic E-state index is 13.6. The van der Waals surface area contributed by atoms with Gasteiger partial charge in [0.05, 0.1) is 21.8 Å². The minimum atomic E-state index is -4.71. The van der Waals surface area contributed by atoms with Crippen LogP contribution in [-0.4, -0.2) is 16.1 Å². The highest BCUT2D eigenvalue weighted by atomic mass is 35.5. The molecule has 6 nitrogen and oxygen atoms in total. The number of para-hydroxylation sites is 1. The minimum Gasteiger partial charge on any atom is -0.397 e. The lowest BCUT2D eigenvalue weighted by Gasteiger charge is -2.17. The number of pyridine rings is 2. The van der Waals surface area contributed by atoms with Crippen molar-refractivity contribution in [2.45, 2.75) is 6.18 Å². The zero-order chi connectivity index (χ0) is 22.9. The first-order chi connectivity index (χ1) is 15.2. The topological polar surface area (TPSA) is 90.1 Å². The van der Waals surface area contributed by atoms with Crippen molar-refractivity contribution < 1.29 is 22.7 Å². The molecule has 0 bridgehead atoms. The van der Waals surface area contributed by atoms with Gasteiger partial charge < -0.3 is 10.5 Å². The molecule has 0 fully saturated rings. The van der Waals surface area contributed by atoms with E-state index in [1.165, 1.54) is 30.6 Å². The van der Waals surface area contributed by atoms with Crippen molar-refractivity contribution in [3.63, 3.8) is 0 Å². The Hall–Kier alpha value is -3.85. The van der Waals surface area contributed by atoms with Crippen LogP contribution in [0, 0.1) is 0 Å². The molecule has 0 aliphatic heterocycles. The average molecular weight is 459 g/mol. The third-order valence-electron chi connectivity index (χ3n) is 4.52. The Bertz CT molecular complexity index is 1310. The van der Waals surface area contributed by atoms with Crippen LogP contribution >= 0.6 is 11.6 Å². The van der Waals surface area contributed by atoms with Crippen molar-refractivity contribution >= 4 is 40.0 Å². The summed E-state index contributed by atoms with van der Waals surface area (Å²) >= 11 is 5.94. The largest absolute Gasteiger partial charge is 0.418 e. The summed E-state index contributed by atoms with van der Waals surface area (Å²) in [6.07, 6.45) is -2.97. The van der Waals surface area contributed by atoms with E-state index in [1.807, 2.05) is 0 Å². The van der Waals surface area contributed by atoms with Gasteiger partial charge in [0.15, 0.2) is 0 Å². The molecule has 10 heteroatoms. The van der Waals surface area contributed by atoms with E-state index in [4.69, 9.17) is 22.1 Å².